The van der Waals surface area contributed by atoms with Crippen molar-refractivity contribution in [1.82, 2.24) is 10.2 Å². The number of piperazine rings is 1. The fourth-order valence-electron chi connectivity index (χ4n) is 2.91. The van der Waals surface area contributed by atoms with Crippen molar-refractivity contribution >= 4 is 11.6 Å². The topological polar surface area (TPSA) is 46.9 Å². The maximum Gasteiger partial charge on any atom is 0.224 e. The van der Waals surface area contributed by atoms with Crippen LogP contribution in [0.2, 0.25) is 0 Å². The lowest BCUT2D eigenvalue weighted by atomic mass is 10.1. The zero-order chi connectivity index (χ0) is 14.5. The quantitative estimate of drug-likeness (QED) is 0.824. The summed E-state index contributed by atoms with van der Waals surface area (Å²) >= 11 is 0. The molecule has 113 valence electrons. The lowest BCUT2D eigenvalue weighted by Crippen LogP contribution is -2.50. The number of anilines is 1. The van der Waals surface area contributed by atoms with Gasteiger partial charge in [0.15, 0.2) is 0 Å². The van der Waals surface area contributed by atoms with E-state index in [4.69, 9.17) is 4.74 Å². The van der Waals surface area contributed by atoms with Gasteiger partial charge in [-0.1, -0.05) is 18.2 Å². The average Bonchev–Trinajstić information content (AvgIpc) is 2.57. The Bertz CT molecular complexity index is 460. The molecule has 2 aliphatic rings. The summed E-state index contributed by atoms with van der Waals surface area (Å²) in [6.07, 6.45) is 0.517. The Kier molecular flexibility index (Phi) is 4.72. The van der Waals surface area contributed by atoms with Gasteiger partial charge in [0.25, 0.3) is 0 Å². The van der Waals surface area contributed by atoms with E-state index in [0.717, 1.165) is 19.6 Å². The van der Waals surface area contributed by atoms with Crippen molar-refractivity contribution in [2.75, 3.05) is 50.8 Å². The highest BCUT2D eigenvalue weighted by atomic mass is 16.5. The summed E-state index contributed by atoms with van der Waals surface area (Å²) in [5, 5.41) is 4.62. The third-order valence-corrected chi connectivity index (χ3v) is 4.08. The van der Waals surface area contributed by atoms with Crippen LogP contribution in [-0.4, -0.2) is 62.8 Å². The molecule has 1 aromatic rings. The minimum absolute atomic E-state index is 0.106. The first kappa shape index (κ1) is 14.4. The molecule has 2 aliphatic heterocycles. The summed E-state index contributed by atoms with van der Waals surface area (Å²) in [7, 11) is 0. The zero-order valence-corrected chi connectivity index (χ0v) is 12.3. The lowest BCUT2D eigenvalue weighted by Gasteiger charge is -2.35. The Labute approximate surface area is 125 Å². The van der Waals surface area contributed by atoms with E-state index in [1.807, 2.05) is 11.0 Å². The van der Waals surface area contributed by atoms with Gasteiger partial charge in [-0.05, 0) is 12.1 Å². The van der Waals surface area contributed by atoms with Crippen LogP contribution in [0.5, 0.6) is 0 Å². The predicted octanol–water partition coefficient (Wildman–Crippen LogP) is 0.728. The van der Waals surface area contributed by atoms with Crippen LogP contribution in [-0.2, 0) is 9.53 Å². The number of amides is 1. The van der Waals surface area contributed by atoms with Crippen molar-refractivity contribution in [2.45, 2.75) is 12.5 Å². The van der Waals surface area contributed by atoms with Gasteiger partial charge >= 0.3 is 0 Å². The van der Waals surface area contributed by atoms with Crippen LogP contribution < -0.4 is 10.2 Å². The molecule has 0 unspecified atom stereocenters. The monoisotopic (exact) mass is 288 g/mol. The van der Waals surface area contributed by atoms with Gasteiger partial charge in [0.05, 0.1) is 19.3 Å². The summed E-state index contributed by atoms with van der Waals surface area (Å²) < 4.78 is 5.29. The number of carbonyl (C=O) groups is 1. The van der Waals surface area contributed by atoms with E-state index in [-0.39, 0.29) is 11.9 Å². The molecular formula is C16H22N3O2. The second kappa shape index (κ2) is 6.91. The molecule has 0 N–H and O–H groups in total. The van der Waals surface area contributed by atoms with Crippen LogP contribution in [0.15, 0.2) is 30.3 Å². The van der Waals surface area contributed by atoms with Crippen molar-refractivity contribution in [3.63, 3.8) is 0 Å². The maximum absolute atomic E-state index is 12.3. The minimum atomic E-state index is 0.106. The van der Waals surface area contributed by atoms with E-state index in [1.54, 1.807) is 0 Å². The number of hydrogen-bond donors (Lipinski definition) is 0. The molecule has 0 bridgehead atoms. The number of morpholine rings is 1. The van der Waals surface area contributed by atoms with Crippen molar-refractivity contribution in [3.8, 4) is 0 Å². The fraction of sp³-hybridized carbons (Fsp3) is 0.562. The molecule has 2 fully saturated rings. The number of nitrogens with zero attached hydrogens (tertiary/aromatic N) is 3. The molecular weight excluding hydrogens is 266 g/mol. The Balaban J connectivity index is 1.55. The van der Waals surface area contributed by atoms with Gasteiger partial charge in [0.1, 0.15) is 0 Å². The first-order valence-electron chi connectivity index (χ1n) is 7.65. The largest absolute Gasteiger partial charge is 0.378 e. The second-order valence-corrected chi connectivity index (χ2v) is 5.54. The summed E-state index contributed by atoms with van der Waals surface area (Å²) in [5.74, 6) is 0.210. The zero-order valence-electron chi connectivity index (χ0n) is 12.3. The third kappa shape index (κ3) is 3.74. The van der Waals surface area contributed by atoms with E-state index in [2.05, 4.69) is 34.5 Å². The smallest absolute Gasteiger partial charge is 0.224 e. The second-order valence-electron chi connectivity index (χ2n) is 5.54. The Hall–Kier alpha value is -1.59. The predicted molar refractivity (Wildman–Crippen MR) is 81.5 cm³/mol. The molecule has 5 nitrogen and oxygen atoms in total. The number of carbonyl (C=O) groups excluding carboxylic acids is 1. The van der Waals surface area contributed by atoms with Gasteiger partial charge in [-0.3, -0.25) is 4.79 Å². The standard InChI is InChI=1S/C16H22N3O2/c20-16(18-8-10-21-11-9-18)12-14-13-19(7-6-17-14)15-4-2-1-3-5-15/h1-5,14H,6-13H2/t14-/m0/s1. The van der Waals surface area contributed by atoms with Gasteiger partial charge in [-0.25, -0.2) is 5.32 Å². The lowest BCUT2D eigenvalue weighted by molar-refractivity contribution is -0.135. The summed E-state index contributed by atoms with van der Waals surface area (Å²) in [5.41, 5.74) is 1.22. The third-order valence-electron chi connectivity index (χ3n) is 4.08. The first-order valence-corrected chi connectivity index (χ1v) is 7.65. The molecule has 5 heteroatoms. The molecule has 0 spiro atoms. The molecule has 2 saturated heterocycles. The Morgan fingerprint density at radius 1 is 1.19 bits per heavy atom. The highest BCUT2D eigenvalue weighted by molar-refractivity contribution is 5.77. The van der Waals surface area contributed by atoms with E-state index >= 15 is 0 Å². The molecule has 1 aromatic carbocycles. The van der Waals surface area contributed by atoms with Crippen LogP contribution in [0, 0.1) is 0 Å². The summed E-state index contributed by atoms with van der Waals surface area (Å²) in [4.78, 5) is 16.5. The SMILES string of the molecule is O=C(C[C@H]1CN(c2ccccc2)CC[N]1)N1CCOCC1. The fourth-order valence-corrected chi connectivity index (χ4v) is 2.91. The van der Waals surface area contributed by atoms with Gasteiger partial charge in [0, 0.05) is 44.8 Å². The van der Waals surface area contributed by atoms with Crippen molar-refractivity contribution in [1.29, 1.82) is 0 Å². The van der Waals surface area contributed by atoms with E-state index in [0.29, 0.717) is 32.7 Å². The molecule has 1 atom stereocenters. The molecule has 1 radical (unpaired) electrons. The van der Waals surface area contributed by atoms with Gasteiger partial charge in [0.2, 0.25) is 5.91 Å². The summed E-state index contributed by atoms with van der Waals surface area (Å²) in [6, 6.07) is 10.5. The number of hydrogen-bond acceptors (Lipinski definition) is 3. The number of ether oxygens (including phenoxy) is 1. The minimum Gasteiger partial charge on any atom is -0.378 e. The molecule has 21 heavy (non-hydrogen) atoms. The number of para-hydroxylation sites is 1. The highest BCUT2D eigenvalue weighted by Gasteiger charge is 2.26. The Morgan fingerprint density at radius 3 is 2.71 bits per heavy atom. The first-order chi connectivity index (χ1) is 10.3. The number of benzene rings is 1. The molecule has 0 aliphatic carbocycles. The normalized spacial score (nSPS) is 23.1. The average molecular weight is 288 g/mol. The summed E-state index contributed by atoms with van der Waals surface area (Å²) in [6.45, 7) is 5.32. The van der Waals surface area contributed by atoms with Crippen LogP contribution >= 0.6 is 0 Å². The van der Waals surface area contributed by atoms with Crippen LogP contribution in [0.4, 0.5) is 5.69 Å². The van der Waals surface area contributed by atoms with Gasteiger partial charge in [-0.15, -0.1) is 0 Å². The Morgan fingerprint density at radius 2 is 1.95 bits per heavy atom. The van der Waals surface area contributed by atoms with Gasteiger partial charge < -0.3 is 14.5 Å². The molecule has 0 saturated carbocycles. The molecule has 2 heterocycles. The van der Waals surface area contributed by atoms with Crippen LogP contribution in [0.1, 0.15) is 6.42 Å². The highest BCUT2D eigenvalue weighted by Crippen LogP contribution is 2.17. The van der Waals surface area contributed by atoms with E-state index in [1.165, 1.54) is 5.69 Å². The van der Waals surface area contributed by atoms with E-state index < -0.39 is 0 Å². The van der Waals surface area contributed by atoms with Gasteiger partial charge in [-0.2, -0.15) is 0 Å². The van der Waals surface area contributed by atoms with Crippen molar-refractivity contribution in [2.24, 2.45) is 0 Å². The number of rotatable bonds is 3. The van der Waals surface area contributed by atoms with Crippen molar-refractivity contribution < 1.29 is 9.53 Å². The van der Waals surface area contributed by atoms with Crippen LogP contribution in [0.3, 0.4) is 0 Å². The van der Waals surface area contributed by atoms with Crippen molar-refractivity contribution in [3.05, 3.63) is 30.3 Å². The maximum atomic E-state index is 12.3. The molecule has 0 aromatic heterocycles. The van der Waals surface area contributed by atoms with Crippen LogP contribution in [0.25, 0.3) is 0 Å². The molecule has 1 amide bonds. The molecule has 3 rings (SSSR count). The van der Waals surface area contributed by atoms with E-state index in [9.17, 15) is 4.79 Å².